The van der Waals surface area contributed by atoms with Crippen LogP contribution in [0.25, 0.3) is 11.1 Å². The number of aromatic nitrogens is 2. The van der Waals surface area contributed by atoms with E-state index in [0.717, 1.165) is 6.20 Å². The number of aryl methyl sites for hydroxylation is 1. The van der Waals surface area contributed by atoms with Gasteiger partial charge in [-0.2, -0.15) is 0 Å². The Kier molecular flexibility index (Phi) is 3.85. The van der Waals surface area contributed by atoms with Crippen LogP contribution in [0.15, 0.2) is 18.5 Å². The molecule has 0 unspecified atom stereocenters. The highest BCUT2D eigenvalue weighted by atomic mass is 35.5. The van der Waals surface area contributed by atoms with Crippen LogP contribution in [0.3, 0.4) is 0 Å². The number of carboxylic acids is 1. The zero-order valence-corrected chi connectivity index (χ0v) is 11.4. The van der Waals surface area contributed by atoms with Gasteiger partial charge in [-0.25, -0.2) is 14.2 Å². The summed E-state index contributed by atoms with van der Waals surface area (Å²) < 4.78 is 19.1. The molecule has 0 aliphatic carbocycles. The van der Waals surface area contributed by atoms with Crippen LogP contribution in [0.4, 0.5) is 4.39 Å². The van der Waals surface area contributed by atoms with Gasteiger partial charge in [-0.15, -0.1) is 0 Å². The Morgan fingerprint density at radius 1 is 1.50 bits per heavy atom. The first-order valence-corrected chi connectivity index (χ1v) is 5.92. The van der Waals surface area contributed by atoms with Crippen molar-refractivity contribution in [2.24, 2.45) is 0 Å². The van der Waals surface area contributed by atoms with Gasteiger partial charge in [0.25, 0.3) is 0 Å². The molecule has 2 rings (SSSR count). The van der Waals surface area contributed by atoms with Crippen LogP contribution in [0.1, 0.15) is 16.1 Å². The molecule has 5 nitrogen and oxygen atoms in total. The monoisotopic (exact) mass is 296 g/mol. The third-order valence-electron chi connectivity index (χ3n) is 2.74. The zero-order chi connectivity index (χ0) is 14.9. The molecule has 0 aliphatic heterocycles. The lowest BCUT2D eigenvalue weighted by Gasteiger charge is -2.15. The van der Waals surface area contributed by atoms with E-state index in [4.69, 9.17) is 16.3 Å². The number of methoxy groups -OCH3 is 1. The molecule has 20 heavy (non-hydrogen) atoms. The average molecular weight is 297 g/mol. The van der Waals surface area contributed by atoms with E-state index < -0.39 is 11.8 Å². The summed E-state index contributed by atoms with van der Waals surface area (Å²) in [6.07, 6.45) is 2.34. The van der Waals surface area contributed by atoms with Crippen molar-refractivity contribution in [3.63, 3.8) is 0 Å². The van der Waals surface area contributed by atoms with Crippen molar-refractivity contribution in [3.05, 3.63) is 40.7 Å². The second-order valence-corrected chi connectivity index (χ2v) is 4.29. The SMILES string of the molecule is COc1c(C)nc(Cl)c(C(=O)O)c1-c1ccncc1F. The molecule has 1 N–H and O–H groups in total. The molecule has 0 amide bonds. The van der Waals surface area contributed by atoms with Crippen molar-refractivity contribution in [1.29, 1.82) is 0 Å². The van der Waals surface area contributed by atoms with Crippen molar-refractivity contribution in [1.82, 2.24) is 9.97 Å². The fraction of sp³-hybridized carbons (Fsp3) is 0.154. The normalized spacial score (nSPS) is 10.4. The minimum Gasteiger partial charge on any atom is -0.494 e. The van der Waals surface area contributed by atoms with Crippen LogP contribution in [0, 0.1) is 12.7 Å². The molecule has 0 aromatic carbocycles. The Morgan fingerprint density at radius 3 is 2.75 bits per heavy atom. The summed E-state index contributed by atoms with van der Waals surface area (Å²) in [5, 5.41) is 9.07. The fourth-order valence-electron chi connectivity index (χ4n) is 1.93. The lowest BCUT2D eigenvalue weighted by atomic mass is 9.99. The number of hydrogen-bond acceptors (Lipinski definition) is 4. The number of carbonyl (C=O) groups is 1. The van der Waals surface area contributed by atoms with E-state index in [1.54, 1.807) is 6.92 Å². The van der Waals surface area contributed by atoms with Crippen molar-refractivity contribution in [2.75, 3.05) is 7.11 Å². The van der Waals surface area contributed by atoms with Gasteiger partial charge in [0.1, 0.15) is 22.3 Å². The number of aromatic carboxylic acids is 1. The lowest BCUT2D eigenvalue weighted by Crippen LogP contribution is -2.07. The summed E-state index contributed by atoms with van der Waals surface area (Å²) in [7, 11) is 1.35. The molecule has 2 heterocycles. The Labute approximate surface area is 119 Å². The van der Waals surface area contributed by atoms with Crippen LogP contribution in [-0.4, -0.2) is 28.2 Å². The molecule has 0 bridgehead atoms. The molecule has 0 saturated heterocycles. The van der Waals surface area contributed by atoms with E-state index in [0.29, 0.717) is 5.69 Å². The van der Waals surface area contributed by atoms with Gasteiger partial charge in [0.15, 0.2) is 0 Å². The number of hydrogen-bond donors (Lipinski definition) is 1. The number of carboxylic acid groups (broad SMARTS) is 1. The average Bonchev–Trinajstić information content (AvgIpc) is 2.38. The second kappa shape index (κ2) is 5.42. The molecule has 7 heteroatoms. The minimum atomic E-state index is -1.31. The topological polar surface area (TPSA) is 72.3 Å². The van der Waals surface area contributed by atoms with Gasteiger partial charge in [0.2, 0.25) is 0 Å². The maximum atomic E-state index is 13.9. The smallest absolute Gasteiger partial charge is 0.339 e. The second-order valence-electron chi connectivity index (χ2n) is 3.93. The van der Waals surface area contributed by atoms with E-state index in [1.807, 2.05) is 0 Å². The number of rotatable bonds is 3. The van der Waals surface area contributed by atoms with E-state index >= 15 is 0 Å². The first kappa shape index (κ1) is 14.2. The molecule has 0 radical (unpaired) electrons. The molecule has 0 spiro atoms. The summed E-state index contributed by atoms with van der Waals surface area (Å²) in [6.45, 7) is 1.60. The third-order valence-corrected chi connectivity index (χ3v) is 3.01. The minimum absolute atomic E-state index is 0.0432. The van der Waals surface area contributed by atoms with Crippen LogP contribution in [-0.2, 0) is 0 Å². The fourth-order valence-corrected chi connectivity index (χ4v) is 2.23. The Balaban J connectivity index is 2.92. The first-order chi connectivity index (χ1) is 9.47. The molecule has 0 aliphatic rings. The Morgan fingerprint density at radius 2 is 2.20 bits per heavy atom. The quantitative estimate of drug-likeness (QED) is 0.882. The largest absolute Gasteiger partial charge is 0.494 e. The Bertz CT molecular complexity index is 692. The highest BCUT2D eigenvalue weighted by molar-refractivity contribution is 6.33. The van der Waals surface area contributed by atoms with E-state index in [2.05, 4.69) is 9.97 Å². The molecule has 2 aromatic heterocycles. The number of ether oxygens (including phenoxy) is 1. The van der Waals surface area contributed by atoms with E-state index in [1.165, 1.54) is 19.4 Å². The van der Waals surface area contributed by atoms with E-state index in [9.17, 15) is 14.3 Å². The van der Waals surface area contributed by atoms with Gasteiger partial charge in [0, 0.05) is 17.3 Å². The molecule has 0 saturated carbocycles. The number of halogens is 2. The highest BCUT2D eigenvalue weighted by Gasteiger charge is 2.25. The molecular weight excluding hydrogens is 287 g/mol. The summed E-state index contributed by atoms with van der Waals surface area (Å²) in [5.74, 6) is -1.82. The lowest BCUT2D eigenvalue weighted by molar-refractivity contribution is 0.0697. The van der Waals surface area contributed by atoms with Crippen molar-refractivity contribution >= 4 is 17.6 Å². The maximum absolute atomic E-state index is 13.9. The summed E-state index contributed by atoms with van der Waals surface area (Å²) in [5.41, 5.74) is 0.159. The van der Waals surface area contributed by atoms with Crippen LogP contribution >= 0.6 is 11.6 Å². The van der Waals surface area contributed by atoms with Crippen LogP contribution in [0.5, 0.6) is 5.75 Å². The van der Waals surface area contributed by atoms with Gasteiger partial charge >= 0.3 is 5.97 Å². The van der Waals surface area contributed by atoms with Crippen LogP contribution < -0.4 is 4.74 Å². The van der Waals surface area contributed by atoms with Gasteiger partial charge in [-0.05, 0) is 13.0 Å². The standard InChI is InChI=1S/C13H10ClFN2O3/c1-6-11(20-2)9(7-3-4-16-5-8(7)15)10(13(18)19)12(14)17-6/h3-5H,1-2H3,(H,18,19). The number of nitrogens with zero attached hydrogens (tertiary/aromatic N) is 2. The highest BCUT2D eigenvalue weighted by Crippen LogP contribution is 2.39. The summed E-state index contributed by atoms with van der Waals surface area (Å²) in [6, 6.07) is 1.36. The maximum Gasteiger partial charge on any atom is 0.339 e. The van der Waals surface area contributed by atoms with E-state index in [-0.39, 0.29) is 27.6 Å². The van der Waals surface area contributed by atoms with Gasteiger partial charge in [-0.3, -0.25) is 4.98 Å². The van der Waals surface area contributed by atoms with Gasteiger partial charge in [0.05, 0.1) is 19.0 Å². The number of pyridine rings is 2. The molecule has 0 atom stereocenters. The molecular formula is C13H10ClFN2O3. The predicted molar refractivity (Wildman–Crippen MR) is 70.7 cm³/mol. The van der Waals surface area contributed by atoms with Crippen molar-refractivity contribution in [2.45, 2.75) is 6.92 Å². The molecule has 2 aromatic rings. The van der Waals surface area contributed by atoms with Gasteiger partial charge < -0.3 is 9.84 Å². The predicted octanol–water partition coefficient (Wildman–Crippen LogP) is 2.95. The van der Waals surface area contributed by atoms with Crippen LogP contribution in [0.2, 0.25) is 5.15 Å². The van der Waals surface area contributed by atoms with Gasteiger partial charge in [-0.1, -0.05) is 11.6 Å². The first-order valence-electron chi connectivity index (χ1n) is 5.54. The summed E-state index contributed by atoms with van der Waals surface area (Å²) >= 11 is 5.88. The molecule has 0 fully saturated rings. The molecule has 104 valence electrons. The third kappa shape index (κ3) is 2.30. The summed E-state index contributed by atoms with van der Waals surface area (Å²) in [4.78, 5) is 18.9. The van der Waals surface area contributed by atoms with Crippen molar-refractivity contribution in [3.8, 4) is 16.9 Å². The zero-order valence-electron chi connectivity index (χ0n) is 10.6. The van der Waals surface area contributed by atoms with Crippen molar-refractivity contribution < 1.29 is 19.0 Å². The Hall–Kier alpha value is -2.21.